The van der Waals surface area contributed by atoms with E-state index >= 15 is 0 Å². The summed E-state index contributed by atoms with van der Waals surface area (Å²) in [5, 5.41) is 4.39. The predicted molar refractivity (Wildman–Crippen MR) is 109 cm³/mol. The quantitative estimate of drug-likeness (QED) is 0.474. The molecule has 1 fully saturated rings. The van der Waals surface area contributed by atoms with Crippen LogP contribution in [0.5, 0.6) is 0 Å². The Bertz CT molecular complexity index is 921. The van der Waals surface area contributed by atoms with Crippen molar-refractivity contribution in [2.45, 2.75) is 26.3 Å². The van der Waals surface area contributed by atoms with Gasteiger partial charge in [-0.05, 0) is 25.0 Å². The van der Waals surface area contributed by atoms with Gasteiger partial charge in [0.25, 0.3) is 0 Å². The summed E-state index contributed by atoms with van der Waals surface area (Å²) in [6.45, 7) is 5.57. The highest BCUT2D eigenvalue weighted by Gasteiger charge is 2.25. The smallest absolute Gasteiger partial charge is 0.344 e. The normalized spacial score (nSPS) is 14.5. The van der Waals surface area contributed by atoms with Gasteiger partial charge in [0.1, 0.15) is 23.0 Å². The van der Waals surface area contributed by atoms with E-state index in [2.05, 4.69) is 10.00 Å². The molecule has 0 spiro atoms. The molecule has 1 aromatic heterocycles. The van der Waals surface area contributed by atoms with Crippen molar-refractivity contribution in [3.63, 3.8) is 0 Å². The third-order valence-electron chi connectivity index (χ3n) is 5.13. The van der Waals surface area contributed by atoms with Crippen LogP contribution < -0.4 is 5.73 Å². The Labute approximate surface area is 178 Å². The van der Waals surface area contributed by atoms with E-state index in [-0.39, 0.29) is 11.4 Å². The number of anilines is 1. The van der Waals surface area contributed by atoms with Crippen molar-refractivity contribution in [3.8, 4) is 0 Å². The van der Waals surface area contributed by atoms with E-state index in [1.54, 1.807) is 4.68 Å². The molecule has 2 heterocycles. The first kappa shape index (κ1) is 22.8. The molecule has 10 heteroatoms. The third kappa shape index (κ3) is 5.45. The second-order valence-electron chi connectivity index (χ2n) is 7.19. The van der Waals surface area contributed by atoms with Gasteiger partial charge in [-0.1, -0.05) is 13.0 Å². The van der Waals surface area contributed by atoms with Crippen LogP contribution in [0.25, 0.3) is 0 Å². The van der Waals surface area contributed by atoms with Crippen LogP contribution in [0.2, 0.25) is 0 Å². The van der Waals surface area contributed by atoms with E-state index in [9.17, 15) is 18.4 Å². The number of hydrogen-bond donors (Lipinski definition) is 1. The molecule has 31 heavy (non-hydrogen) atoms. The largest absolute Gasteiger partial charge is 0.454 e. The van der Waals surface area contributed by atoms with Crippen LogP contribution in [-0.2, 0) is 22.4 Å². The van der Waals surface area contributed by atoms with Gasteiger partial charge in [0.15, 0.2) is 6.61 Å². The summed E-state index contributed by atoms with van der Waals surface area (Å²) in [6, 6.07) is 3.08. The van der Waals surface area contributed by atoms with Crippen molar-refractivity contribution >= 4 is 17.6 Å². The Balaban J connectivity index is 1.62. The number of morpholine rings is 1. The fourth-order valence-electron chi connectivity index (χ4n) is 3.48. The molecule has 168 valence electrons. The van der Waals surface area contributed by atoms with E-state index in [0.717, 1.165) is 57.5 Å². The first-order valence-corrected chi connectivity index (χ1v) is 10.2. The number of carbonyl (C=O) groups excluding carboxylic acids is 2. The van der Waals surface area contributed by atoms with Crippen molar-refractivity contribution in [1.82, 2.24) is 14.7 Å². The molecule has 2 N–H and O–H groups in total. The number of esters is 1. The Morgan fingerprint density at radius 1 is 1.16 bits per heavy atom. The maximum Gasteiger partial charge on any atom is 0.344 e. The molecule has 1 aliphatic rings. The molecule has 1 aliphatic heterocycles. The van der Waals surface area contributed by atoms with Crippen molar-refractivity contribution in [2.75, 3.05) is 45.2 Å². The van der Waals surface area contributed by atoms with Crippen molar-refractivity contribution in [2.24, 2.45) is 0 Å². The zero-order valence-corrected chi connectivity index (χ0v) is 17.4. The van der Waals surface area contributed by atoms with E-state index in [1.807, 2.05) is 6.92 Å². The third-order valence-corrected chi connectivity index (χ3v) is 5.13. The maximum atomic E-state index is 13.7. The second kappa shape index (κ2) is 10.5. The zero-order valence-electron chi connectivity index (χ0n) is 17.4. The fourth-order valence-corrected chi connectivity index (χ4v) is 3.48. The number of aromatic nitrogens is 2. The molecule has 8 nitrogen and oxygen atoms in total. The number of ether oxygens (including phenoxy) is 2. The Hall–Kier alpha value is -2.85. The molecule has 0 amide bonds. The summed E-state index contributed by atoms with van der Waals surface area (Å²) in [6.07, 6.45) is 1.22. The van der Waals surface area contributed by atoms with Crippen LogP contribution in [0.1, 0.15) is 39.8 Å². The number of ketones is 1. The molecule has 2 aromatic rings. The highest BCUT2D eigenvalue weighted by Crippen LogP contribution is 2.20. The molecular weight excluding hydrogens is 410 g/mol. The average molecular weight is 436 g/mol. The Morgan fingerprint density at radius 3 is 2.48 bits per heavy atom. The summed E-state index contributed by atoms with van der Waals surface area (Å²) >= 11 is 0. The van der Waals surface area contributed by atoms with E-state index in [4.69, 9.17) is 15.2 Å². The Kier molecular flexibility index (Phi) is 7.69. The van der Waals surface area contributed by atoms with Crippen LogP contribution in [0.3, 0.4) is 0 Å². The highest BCUT2D eigenvalue weighted by atomic mass is 19.1. The zero-order chi connectivity index (χ0) is 22.4. The van der Waals surface area contributed by atoms with Crippen LogP contribution in [0.4, 0.5) is 14.6 Å². The van der Waals surface area contributed by atoms with Crippen molar-refractivity contribution < 1.29 is 27.8 Å². The number of nitrogen functional groups attached to an aromatic ring is 1. The number of Topliss-reactive ketones (excluding diaryl/α,β-unsaturated/α-hetero) is 1. The van der Waals surface area contributed by atoms with Crippen LogP contribution in [0.15, 0.2) is 18.2 Å². The van der Waals surface area contributed by atoms with Gasteiger partial charge in [-0.3, -0.25) is 9.69 Å². The standard InChI is InChI=1S/C21H26F2N4O4/c1-2-16-19(20(24)27(25-16)8-4-7-26-9-11-30-12-10-26)21(29)31-13-17(28)18-14(22)5-3-6-15(18)23/h3,5-6H,2,4,7-13,24H2,1H3. The van der Waals surface area contributed by atoms with Gasteiger partial charge in [0, 0.05) is 26.2 Å². The number of rotatable bonds is 9. The number of nitrogens with two attached hydrogens (primary N) is 1. The van der Waals surface area contributed by atoms with Gasteiger partial charge in [0.05, 0.1) is 24.5 Å². The molecule has 0 saturated carbocycles. The van der Waals surface area contributed by atoms with Crippen molar-refractivity contribution in [1.29, 1.82) is 0 Å². The SMILES string of the molecule is CCc1nn(CCCN2CCOCC2)c(N)c1C(=O)OCC(=O)c1c(F)cccc1F. The molecule has 1 saturated heterocycles. The van der Waals surface area contributed by atoms with Crippen LogP contribution >= 0.6 is 0 Å². The molecule has 0 radical (unpaired) electrons. The molecule has 1 aromatic carbocycles. The van der Waals surface area contributed by atoms with E-state index in [0.29, 0.717) is 18.7 Å². The molecule has 0 atom stereocenters. The summed E-state index contributed by atoms with van der Waals surface area (Å²) in [5.41, 5.74) is 5.91. The number of nitrogens with zero attached hydrogens (tertiary/aromatic N) is 3. The fraction of sp³-hybridized carbons (Fsp3) is 0.476. The van der Waals surface area contributed by atoms with Gasteiger partial charge in [-0.25, -0.2) is 18.3 Å². The number of benzene rings is 1. The highest BCUT2D eigenvalue weighted by molar-refractivity contribution is 6.01. The van der Waals surface area contributed by atoms with Crippen molar-refractivity contribution in [3.05, 3.63) is 46.7 Å². The number of halogens is 2. The lowest BCUT2D eigenvalue weighted by Crippen LogP contribution is -2.37. The molecule has 3 rings (SSSR count). The maximum absolute atomic E-state index is 13.7. The molecular formula is C21H26F2N4O4. The van der Waals surface area contributed by atoms with Gasteiger partial charge in [-0.15, -0.1) is 0 Å². The van der Waals surface area contributed by atoms with Crippen LogP contribution in [-0.4, -0.2) is 65.9 Å². The summed E-state index contributed by atoms with van der Waals surface area (Å²) < 4.78 is 39.4. The monoisotopic (exact) mass is 436 g/mol. The first-order valence-electron chi connectivity index (χ1n) is 10.2. The number of carbonyl (C=O) groups is 2. The minimum Gasteiger partial charge on any atom is -0.454 e. The molecule has 0 bridgehead atoms. The summed E-state index contributed by atoms with van der Waals surface area (Å²) in [7, 11) is 0. The summed E-state index contributed by atoms with van der Waals surface area (Å²) in [5.74, 6) is -3.70. The van der Waals surface area contributed by atoms with E-state index < -0.39 is 35.6 Å². The predicted octanol–water partition coefficient (Wildman–Crippen LogP) is 2.07. The lowest BCUT2D eigenvalue weighted by Gasteiger charge is -2.26. The molecule has 0 unspecified atom stereocenters. The first-order chi connectivity index (χ1) is 14.9. The van der Waals surface area contributed by atoms with E-state index in [1.165, 1.54) is 0 Å². The van der Waals surface area contributed by atoms with Gasteiger partial charge in [0.2, 0.25) is 5.78 Å². The lowest BCUT2D eigenvalue weighted by atomic mass is 10.1. The van der Waals surface area contributed by atoms with Gasteiger partial charge in [-0.2, -0.15) is 5.10 Å². The van der Waals surface area contributed by atoms with Crippen LogP contribution in [0, 0.1) is 11.6 Å². The molecule has 0 aliphatic carbocycles. The summed E-state index contributed by atoms with van der Waals surface area (Å²) in [4.78, 5) is 27.0. The number of aryl methyl sites for hydroxylation is 2. The average Bonchev–Trinajstić information content (AvgIpc) is 3.08. The minimum atomic E-state index is -1.01. The second-order valence-corrected chi connectivity index (χ2v) is 7.19. The topological polar surface area (TPSA) is 99.7 Å². The lowest BCUT2D eigenvalue weighted by molar-refractivity contribution is 0.0368. The Morgan fingerprint density at radius 2 is 1.84 bits per heavy atom. The van der Waals surface area contributed by atoms with Gasteiger partial charge < -0.3 is 15.2 Å². The minimum absolute atomic E-state index is 0.0793. The number of hydrogen-bond acceptors (Lipinski definition) is 7. The van der Waals surface area contributed by atoms with Gasteiger partial charge >= 0.3 is 5.97 Å².